The Morgan fingerprint density at radius 2 is 2.11 bits per heavy atom. The second kappa shape index (κ2) is 5.71. The van der Waals surface area contributed by atoms with Gasteiger partial charge in [-0.2, -0.15) is 8.42 Å². The van der Waals surface area contributed by atoms with Crippen LogP contribution in [-0.4, -0.2) is 26.3 Å². The summed E-state index contributed by atoms with van der Waals surface area (Å²) in [6.07, 6.45) is 5.10. The van der Waals surface area contributed by atoms with Gasteiger partial charge < -0.3 is 4.98 Å². The zero-order valence-electron chi connectivity index (χ0n) is 10.6. The molecule has 1 aromatic carbocycles. The first-order valence-corrected chi connectivity index (χ1v) is 7.87. The molecule has 2 rings (SSSR count). The van der Waals surface area contributed by atoms with Crippen LogP contribution >= 0.6 is 0 Å². The molecule has 6 heteroatoms. The largest absolute Gasteiger partial charge is 0.361 e. The highest BCUT2D eigenvalue weighted by atomic mass is 32.2. The van der Waals surface area contributed by atoms with Gasteiger partial charge in [0.2, 0.25) is 0 Å². The molecular formula is C13H16FNO3S. The molecule has 0 amide bonds. The number of unbranched alkanes of at least 4 members (excludes halogenated alkanes) is 1. The number of aryl methyl sites for hydroxylation is 1. The SMILES string of the molecule is CS(=O)(=O)OCCCCc1c[nH]c2ccc(F)cc12. The molecule has 1 heterocycles. The fraction of sp³-hybridized carbons (Fsp3) is 0.385. The average molecular weight is 285 g/mol. The van der Waals surface area contributed by atoms with Crippen LogP contribution in [0.4, 0.5) is 4.39 Å². The van der Waals surface area contributed by atoms with Gasteiger partial charge in [0.25, 0.3) is 10.1 Å². The van der Waals surface area contributed by atoms with Crippen LogP contribution in [0.3, 0.4) is 0 Å². The summed E-state index contributed by atoms with van der Waals surface area (Å²) in [5.74, 6) is -0.256. The van der Waals surface area contributed by atoms with Gasteiger partial charge in [0.15, 0.2) is 0 Å². The van der Waals surface area contributed by atoms with E-state index in [0.717, 1.165) is 35.6 Å². The summed E-state index contributed by atoms with van der Waals surface area (Å²) in [7, 11) is -3.35. The van der Waals surface area contributed by atoms with Gasteiger partial charge in [-0.25, -0.2) is 4.39 Å². The summed E-state index contributed by atoms with van der Waals surface area (Å²) < 4.78 is 39.4. The van der Waals surface area contributed by atoms with Gasteiger partial charge in [-0.05, 0) is 43.0 Å². The van der Waals surface area contributed by atoms with Gasteiger partial charge in [0, 0.05) is 17.1 Å². The van der Waals surface area contributed by atoms with Crippen LogP contribution in [0.15, 0.2) is 24.4 Å². The minimum atomic E-state index is -3.35. The van der Waals surface area contributed by atoms with Gasteiger partial charge >= 0.3 is 0 Å². The first-order valence-electron chi connectivity index (χ1n) is 6.05. The highest BCUT2D eigenvalue weighted by Gasteiger charge is 2.05. The van der Waals surface area contributed by atoms with Crippen LogP contribution in [0.5, 0.6) is 0 Å². The first-order chi connectivity index (χ1) is 8.96. The minimum absolute atomic E-state index is 0.190. The predicted molar refractivity (Wildman–Crippen MR) is 72.0 cm³/mol. The molecule has 0 bridgehead atoms. The molecule has 1 N–H and O–H groups in total. The van der Waals surface area contributed by atoms with Gasteiger partial charge in [0.05, 0.1) is 12.9 Å². The lowest BCUT2D eigenvalue weighted by molar-refractivity contribution is 0.312. The van der Waals surface area contributed by atoms with E-state index in [4.69, 9.17) is 0 Å². The molecule has 0 saturated carbocycles. The molecule has 0 aliphatic rings. The van der Waals surface area contributed by atoms with Crippen molar-refractivity contribution in [2.45, 2.75) is 19.3 Å². The average Bonchev–Trinajstić information content (AvgIpc) is 2.70. The van der Waals surface area contributed by atoms with Crippen LogP contribution in [0.1, 0.15) is 18.4 Å². The number of hydrogen-bond acceptors (Lipinski definition) is 3. The van der Waals surface area contributed by atoms with Crippen LogP contribution in [-0.2, 0) is 20.7 Å². The maximum atomic E-state index is 13.2. The number of halogens is 1. The maximum absolute atomic E-state index is 13.2. The lowest BCUT2D eigenvalue weighted by Crippen LogP contribution is -2.04. The van der Waals surface area contributed by atoms with Gasteiger partial charge in [0.1, 0.15) is 5.82 Å². The van der Waals surface area contributed by atoms with Crippen molar-refractivity contribution >= 4 is 21.0 Å². The van der Waals surface area contributed by atoms with Gasteiger partial charge in [-0.3, -0.25) is 4.18 Å². The lowest BCUT2D eigenvalue weighted by Gasteiger charge is -2.01. The molecule has 0 radical (unpaired) electrons. The zero-order valence-corrected chi connectivity index (χ0v) is 11.5. The number of nitrogens with one attached hydrogen (secondary N) is 1. The van der Waals surface area contributed by atoms with Crippen molar-refractivity contribution in [2.24, 2.45) is 0 Å². The van der Waals surface area contributed by atoms with E-state index in [1.54, 1.807) is 6.07 Å². The smallest absolute Gasteiger partial charge is 0.264 e. The second-order valence-electron chi connectivity index (χ2n) is 4.49. The fourth-order valence-electron chi connectivity index (χ4n) is 1.99. The molecule has 2 aromatic rings. The molecule has 0 unspecified atom stereocenters. The third-order valence-corrected chi connectivity index (χ3v) is 3.46. The topological polar surface area (TPSA) is 59.2 Å². The van der Waals surface area contributed by atoms with E-state index in [1.807, 2.05) is 6.20 Å². The Kier molecular flexibility index (Phi) is 4.21. The van der Waals surface area contributed by atoms with Crippen molar-refractivity contribution in [2.75, 3.05) is 12.9 Å². The quantitative estimate of drug-likeness (QED) is 0.655. The van der Waals surface area contributed by atoms with Crippen LogP contribution in [0.25, 0.3) is 10.9 Å². The summed E-state index contributed by atoms with van der Waals surface area (Å²) in [6.45, 7) is 0.190. The van der Waals surface area contributed by atoms with E-state index in [9.17, 15) is 12.8 Å². The van der Waals surface area contributed by atoms with Crippen LogP contribution in [0.2, 0.25) is 0 Å². The molecular weight excluding hydrogens is 269 g/mol. The summed E-state index contributed by atoms with van der Waals surface area (Å²) in [5, 5.41) is 0.879. The van der Waals surface area contributed by atoms with Crippen molar-refractivity contribution in [3.63, 3.8) is 0 Å². The third kappa shape index (κ3) is 4.04. The molecule has 0 aliphatic heterocycles. The van der Waals surface area contributed by atoms with Gasteiger partial charge in [-0.1, -0.05) is 0 Å². The Morgan fingerprint density at radius 1 is 1.32 bits per heavy atom. The Morgan fingerprint density at radius 3 is 2.84 bits per heavy atom. The Labute approximate surface area is 111 Å². The Balaban J connectivity index is 1.90. The molecule has 1 aromatic heterocycles. The van der Waals surface area contributed by atoms with Crippen molar-refractivity contribution < 1.29 is 17.0 Å². The molecule has 19 heavy (non-hydrogen) atoms. The van der Waals surface area contributed by atoms with Gasteiger partial charge in [-0.15, -0.1) is 0 Å². The summed E-state index contributed by atoms with van der Waals surface area (Å²) >= 11 is 0. The highest BCUT2D eigenvalue weighted by molar-refractivity contribution is 7.85. The lowest BCUT2D eigenvalue weighted by atomic mass is 10.1. The predicted octanol–water partition coefficient (Wildman–Crippen LogP) is 2.61. The maximum Gasteiger partial charge on any atom is 0.264 e. The molecule has 0 fully saturated rings. The number of aromatic amines is 1. The number of H-pyrrole nitrogens is 1. The number of benzene rings is 1. The summed E-state index contributed by atoms with van der Waals surface area (Å²) in [6, 6.07) is 4.64. The molecule has 0 atom stereocenters. The zero-order chi connectivity index (χ0) is 13.9. The number of hydrogen-bond donors (Lipinski definition) is 1. The van der Waals surface area contributed by atoms with E-state index in [2.05, 4.69) is 9.17 Å². The molecule has 4 nitrogen and oxygen atoms in total. The minimum Gasteiger partial charge on any atom is -0.361 e. The van der Waals surface area contributed by atoms with Crippen molar-refractivity contribution in [1.82, 2.24) is 4.98 Å². The normalized spacial score (nSPS) is 12.1. The van der Waals surface area contributed by atoms with Crippen molar-refractivity contribution in [1.29, 1.82) is 0 Å². The van der Waals surface area contributed by atoms with Crippen molar-refractivity contribution in [3.8, 4) is 0 Å². The highest BCUT2D eigenvalue weighted by Crippen LogP contribution is 2.21. The molecule has 0 saturated heterocycles. The van der Waals surface area contributed by atoms with E-state index in [-0.39, 0.29) is 12.4 Å². The third-order valence-electron chi connectivity index (χ3n) is 2.87. The second-order valence-corrected chi connectivity index (χ2v) is 6.13. The first kappa shape index (κ1) is 14.0. The van der Waals surface area contributed by atoms with E-state index in [0.29, 0.717) is 6.42 Å². The monoisotopic (exact) mass is 285 g/mol. The number of rotatable bonds is 6. The van der Waals surface area contributed by atoms with E-state index in [1.165, 1.54) is 12.1 Å². The fourth-order valence-corrected chi connectivity index (χ4v) is 2.41. The van der Waals surface area contributed by atoms with E-state index >= 15 is 0 Å². The molecule has 0 aliphatic carbocycles. The molecule has 0 spiro atoms. The molecule has 104 valence electrons. The Bertz CT molecular complexity index is 664. The van der Waals surface area contributed by atoms with Crippen LogP contribution < -0.4 is 0 Å². The number of aromatic nitrogens is 1. The number of fused-ring (bicyclic) bond motifs is 1. The van der Waals surface area contributed by atoms with Crippen LogP contribution in [0, 0.1) is 5.82 Å². The van der Waals surface area contributed by atoms with Crippen molar-refractivity contribution in [3.05, 3.63) is 35.8 Å². The Hall–Kier alpha value is -1.40. The summed E-state index contributed by atoms with van der Waals surface area (Å²) in [5.41, 5.74) is 1.94. The summed E-state index contributed by atoms with van der Waals surface area (Å²) in [4.78, 5) is 3.09. The van der Waals surface area contributed by atoms with E-state index < -0.39 is 10.1 Å². The standard InChI is InChI=1S/C13H16FNO3S/c1-19(16,17)18-7-3-2-4-10-9-15-13-6-5-11(14)8-12(10)13/h5-6,8-9,15H,2-4,7H2,1H3.